The van der Waals surface area contributed by atoms with Gasteiger partial charge in [0, 0.05) is 24.4 Å². The number of carboxylic acids is 1. The number of rotatable bonds is 6. The molecule has 0 spiro atoms. The molecule has 6 nitrogen and oxygen atoms in total. The van der Waals surface area contributed by atoms with Crippen LogP contribution in [0, 0.1) is 11.3 Å². The van der Waals surface area contributed by atoms with Gasteiger partial charge in [0.05, 0.1) is 23.8 Å². The van der Waals surface area contributed by atoms with E-state index in [0.29, 0.717) is 17.9 Å². The Bertz CT molecular complexity index is 851. The van der Waals surface area contributed by atoms with Crippen LogP contribution in [0.1, 0.15) is 21.8 Å². The summed E-state index contributed by atoms with van der Waals surface area (Å²) in [5.74, 6) is -0.358. The number of hydrogen-bond donors (Lipinski definition) is 2. The third-order valence-corrected chi connectivity index (χ3v) is 4.27. The van der Waals surface area contributed by atoms with Gasteiger partial charge in [-0.3, -0.25) is 0 Å². The summed E-state index contributed by atoms with van der Waals surface area (Å²) in [6.45, 7) is 0.805. The van der Waals surface area contributed by atoms with Crippen LogP contribution in [0.5, 0.6) is 5.75 Å². The Kier molecular flexibility index (Phi) is 5.20. The molecule has 3 rings (SSSR count). The van der Waals surface area contributed by atoms with Crippen LogP contribution in [0.4, 0.5) is 5.69 Å². The number of carbonyl (C=O) groups is 1. The first kappa shape index (κ1) is 17.5. The van der Waals surface area contributed by atoms with Crippen LogP contribution in [0.25, 0.3) is 0 Å². The Balaban J connectivity index is 1.77. The van der Waals surface area contributed by atoms with E-state index in [1.165, 1.54) is 0 Å². The molecule has 1 atom stereocenters. The van der Waals surface area contributed by atoms with Crippen LogP contribution >= 0.6 is 0 Å². The van der Waals surface area contributed by atoms with Gasteiger partial charge in [-0.2, -0.15) is 5.26 Å². The van der Waals surface area contributed by atoms with Crippen molar-refractivity contribution in [2.75, 3.05) is 24.7 Å². The summed E-state index contributed by atoms with van der Waals surface area (Å²) in [6, 6.07) is 16.3. The summed E-state index contributed by atoms with van der Waals surface area (Å²) in [4.78, 5) is 12.9. The van der Waals surface area contributed by atoms with E-state index < -0.39 is 5.97 Å². The molecule has 1 aliphatic rings. The van der Waals surface area contributed by atoms with E-state index in [9.17, 15) is 10.1 Å². The van der Waals surface area contributed by atoms with E-state index in [-0.39, 0.29) is 24.7 Å². The molecule has 26 heavy (non-hydrogen) atoms. The SMILES string of the molecule is N#CC1=CN(c2ccc(C(=O)O)cc2)CC1c1ccc(OCCO)cc1. The minimum absolute atomic E-state index is 0.0404. The molecule has 0 saturated heterocycles. The molecule has 0 aliphatic carbocycles. The number of aliphatic hydroxyl groups is 1. The van der Waals surface area contributed by atoms with E-state index in [2.05, 4.69) is 6.07 Å². The molecular weight excluding hydrogens is 332 g/mol. The lowest BCUT2D eigenvalue weighted by Gasteiger charge is -2.18. The van der Waals surface area contributed by atoms with Crippen molar-refractivity contribution in [1.82, 2.24) is 0 Å². The second-order valence-corrected chi connectivity index (χ2v) is 5.89. The van der Waals surface area contributed by atoms with Crippen LogP contribution in [0.2, 0.25) is 0 Å². The number of aromatic carboxylic acids is 1. The second kappa shape index (κ2) is 7.72. The van der Waals surface area contributed by atoms with E-state index in [1.54, 1.807) is 30.5 Å². The molecule has 2 N–H and O–H groups in total. The summed E-state index contributed by atoms with van der Waals surface area (Å²) in [5, 5.41) is 27.3. The number of nitrogens with zero attached hydrogens (tertiary/aromatic N) is 2. The monoisotopic (exact) mass is 350 g/mol. The molecule has 0 fully saturated rings. The highest BCUT2D eigenvalue weighted by Gasteiger charge is 2.27. The number of anilines is 1. The van der Waals surface area contributed by atoms with Crippen LogP contribution in [0.3, 0.4) is 0 Å². The Hall–Kier alpha value is -3.30. The number of carboxylic acid groups (broad SMARTS) is 1. The maximum atomic E-state index is 11.0. The van der Waals surface area contributed by atoms with Gasteiger partial charge in [0.1, 0.15) is 12.4 Å². The topological polar surface area (TPSA) is 93.8 Å². The molecule has 1 unspecified atom stereocenters. The van der Waals surface area contributed by atoms with Gasteiger partial charge in [-0.1, -0.05) is 12.1 Å². The van der Waals surface area contributed by atoms with Crippen molar-refractivity contribution in [3.05, 3.63) is 71.4 Å². The van der Waals surface area contributed by atoms with E-state index in [4.69, 9.17) is 14.9 Å². The second-order valence-electron chi connectivity index (χ2n) is 5.89. The third kappa shape index (κ3) is 3.68. The Labute approximate surface area is 151 Å². The number of nitriles is 1. The summed E-state index contributed by atoms with van der Waals surface area (Å²) in [5.41, 5.74) is 2.72. The van der Waals surface area contributed by atoms with Gasteiger partial charge in [0.15, 0.2) is 0 Å². The molecular formula is C20H18N2O4. The highest BCUT2D eigenvalue weighted by Crippen LogP contribution is 2.34. The largest absolute Gasteiger partial charge is 0.491 e. The average molecular weight is 350 g/mol. The molecule has 0 radical (unpaired) electrons. The van der Waals surface area contributed by atoms with Crippen molar-refractivity contribution in [1.29, 1.82) is 5.26 Å². The van der Waals surface area contributed by atoms with Crippen molar-refractivity contribution < 1.29 is 19.7 Å². The zero-order valence-electron chi connectivity index (χ0n) is 14.0. The molecule has 0 bridgehead atoms. The van der Waals surface area contributed by atoms with Gasteiger partial charge in [-0.15, -0.1) is 0 Å². The van der Waals surface area contributed by atoms with Gasteiger partial charge in [0.25, 0.3) is 0 Å². The molecule has 1 aliphatic heterocycles. The first-order valence-electron chi connectivity index (χ1n) is 8.18. The van der Waals surface area contributed by atoms with Crippen LogP contribution in [-0.2, 0) is 0 Å². The maximum Gasteiger partial charge on any atom is 0.335 e. The standard InChI is InChI=1S/C20H18N2O4/c21-11-16-12-22(17-5-1-15(2-6-17)20(24)25)13-19(16)14-3-7-18(8-4-14)26-10-9-23/h1-8,12,19,23H,9-10,13H2,(H,24,25). The lowest BCUT2D eigenvalue weighted by molar-refractivity contribution is 0.0697. The zero-order chi connectivity index (χ0) is 18.5. The summed E-state index contributed by atoms with van der Waals surface area (Å²) < 4.78 is 5.36. The fraction of sp³-hybridized carbons (Fsp3) is 0.200. The molecule has 6 heteroatoms. The van der Waals surface area contributed by atoms with Crippen molar-refractivity contribution >= 4 is 11.7 Å². The molecule has 132 valence electrons. The molecule has 0 saturated carbocycles. The Morgan fingerprint density at radius 1 is 1.19 bits per heavy atom. The average Bonchev–Trinajstić information content (AvgIpc) is 3.11. The predicted molar refractivity (Wildman–Crippen MR) is 96.2 cm³/mol. The minimum atomic E-state index is -0.965. The normalized spacial score (nSPS) is 16.1. The predicted octanol–water partition coefficient (Wildman–Crippen LogP) is 2.77. The quantitative estimate of drug-likeness (QED) is 0.832. The number of benzene rings is 2. The molecule has 1 heterocycles. The third-order valence-electron chi connectivity index (χ3n) is 4.27. The van der Waals surface area contributed by atoms with Crippen LogP contribution in [0.15, 0.2) is 60.3 Å². The van der Waals surface area contributed by atoms with Crippen molar-refractivity contribution in [2.45, 2.75) is 5.92 Å². The molecule has 0 aromatic heterocycles. The smallest absolute Gasteiger partial charge is 0.335 e. The van der Waals surface area contributed by atoms with Crippen molar-refractivity contribution in [2.24, 2.45) is 0 Å². The van der Waals surface area contributed by atoms with Gasteiger partial charge < -0.3 is 19.8 Å². The van der Waals surface area contributed by atoms with E-state index in [0.717, 1.165) is 11.3 Å². The Morgan fingerprint density at radius 3 is 2.46 bits per heavy atom. The fourth-order valence-electron chi connectivity index (χ4n) is 2.93. The molecule has 2 aromatic carbocycles. The molecule has 0 amide bonds. The lowest BCUT2D eigenvalue weighted by atomic mass is 9.94. The molecule has 2 aromatic rings. The summed E-state index contributed by atoms with van der Waals surface area (Å²) in [6.07, 6.45) is 1.80. The van der Waals surface area contributed by atoms with E-state index in [1.807, 2.05) is 29.2 Å². The fourth-order valence-corrected chi connectivity index (χ4v) is 2.93. The van der Waals surface area contributed by atoms with Crippen LogP contribution < -0.4 is 9.64 Å². The number of ether oxygens (including phenoxy) is 1. The van der Waals surface area contributed by atoms with Gasteiger partial charge >= 0.3 is 5.97 Å². The van der Waals surface area contributed by atoms with Gasteiger partial charge in [-0.05, 0) is 42.0 Å². The zero-order valence-corrected chi connectivity index (χ0v) is 14.0. The number of hydrogen-bond acceptors (Lipinski definition) is 5. The van der Waals surface area contributed by atoms with Crippen LogP contribution in [-0.4, -0.2) is 35.9 Å². The maximum absolute atomic E-state index is 11.0. The Morgan fingerprint density at radius 2 is 1.88 bits per heavy atom. The first-order chi connectivity index (χ1) is 12.6. The first-order valence-corrected chi connectivity index (χ1v) is 8.18. The van der Waals surface area contributed by atoms with E-state index >= 15 is 0 Å². The summed E-state index contributed by atoms with van der Waals surface area (Å²) >= 11 is 0. The minimum Gasteiger partial charge on any atom is -0.491 e. The van der Waals surface area contributed by atoms with Crippen molar-refractivity contribution in [3.8, 4) is 11.8 Å². The lowest BCUT2D eigenvalue weighted by Crippen LogP contribution is -2.16. The van der Waals surface area contributed by atoms with Crippen molar-refractivity contribution in [3.63, 3.8) is 0 Å². The number of aliphatic hydroxyl groups excluding tert-OH is 1. The summed E-state index contributed by atoms with van der Waals surface area (Å²) in [7, 11) is 0. The highest BCUT2D eigenvalue weighted by atomic mass is 16.5. The highest BCUT2D eigenvalue weighted by molar-refractivity contribution is 5.88. The van der Waals surface area contributed by atoms with Gasteiger partial charge in [0.2, 0.25) is 0 Å². The van der Waals surface area contributed by atoms with Gasteiger partial charge in [-0.25, -0.2) is 4.79 Å².